The molecule has 2 atom stereocenters. The molecule has 0 aromatic rings. The first-order chi connectivity index (χ1) is 9.56. The molecule has 2 rings (SSSR count). The molecule has 7 nitrogen and oxygen atoms in total. The Hall–Kier alpha value is -1.28. The van der Waals surface area contributed by atoms with Gasteiger partial charge in [-0.25, -0.2) is 4.79 Å². The molecule has 8 heteroatoms. The lowest BCUT2D eigenvalue weighted by Gasteiger charge is -2.36. The minimum atomic E-state index is -1.07. The summed E-state index contributed by atoms with van der Waals surface area (Å²) in [6.07, 6.45) is 0.343. The number of hydrogen-bond acceptors (Lipinski definition) is 5. The molecule has 2 aliphatic rings. The molecule has 2 heterocycles. The van der Waals surface area contributed by atoms with E-state index in [4.69, 9.17) is 9.84 Å². The molecule has 0 bridgehead atoms. The SMILES string of the molecule is CCC(=O)N1CSCC1C(=O)N1CCOCC1C(=O)O. The molecule has 0 aliphatic carbocycles. The number of hydrogen-bond donors (Lipinski definition) is 1. The van der Waals surface area contributed by atoms with Gasteiger partial charge in [-0.05, 0) is 0 Å². The van der Waals surface area contributed by atoms with Crippen LogP contribution < -0.4 is 0 Å². The largest absolute Gasteiger partial charge is 0.480 e. The topological polar surface area (TPSA) is 87.2 Å². The summed E-state index contributed by atoms with van der Waals surface area (Å²) in [7, 11) is 0. The van der Waals surface area contributed by atoms with Gasteiger partial charge in [0, 0.05) is 18.7 Å². The van der Waals surface area contributed by atoms with E-state index in [1.54, 1.807) is 11.8 Å². The summed E-state index contributed by atoms with van der Waals surface area (Å²) in [6.45, 7) is 2.34. The van der Waals surface area contributed by atoms with E-state index < -0.39 is 18.1 Å². The highest BCUT2D eigenvalue weighted by molar-refractivity contribution is 7.99. The lowest BCUT2D eigenvalue weighted by Crippen LogP contribution is -2.58. The highest BCUT2D eigenvalue weighted by atomic mass is 32.2. The van der Waals surface area contributed by atoms with E-state index in [1.165, 1.54) is 16.7 Å². The van der Waals surface area contributed by atoms with Gasteiger partial charge in [-0.1, -0.05) is 6.92 Å². The Kier molecular flexibility index (Phi) is 4.87. The molecule has 2 unspecified atom stereocenters. The van der Waals surface area contributed by atoms with Gasteiger partial charge in [-0.15, -0.1) is 11.8 Å². The molecular weight excluding hydrogens is 284 g/mol. The van der Waals surface area contributed by atoms with Gasteiger partial charge in [0.2, 0.25) is 11.8 Å². The zero-order valence-corrected chi connectivity index (χ0v) is 12.1. The van der Waals surface area contributed by atoms with Crippen molar-refractivity contribution in [1.82, 2.24) is 9.80 Å². The fourth-order valence-corrected chi connectivity index (χ4v) is 3.53. The third-order valence-corrected chi connectivity index (χ3v) is 4.50. The number of nitrogens with zero attached hydrogens (tertiary/aromatic N) is 2. The molecule has 0 radical (unpaired) electrons. The summed E-state index contributed by atoms with van der Waals surface area (Å²) in [6, 6.07) is -1.51. The maximum absolute atomic E-state index is 12.5. The van der Waals surface area contributed by atoms with Crippen molar-refractivity contribution in [2.75, 3.05) is 31.4 Å². The smallest absolute Gasteiger partial charge is 0.328 e. The van der Waals surface area contributed by atoms with Crippen LogP contribution in [0.2, 0.25) is 0 Å². The quantitative estimate of drug-likeness (QED) is 0.764. The predicted octanol–water partition coefficient (Wildman–Crippen LogP) is -0.390. The number of aliphatic carboxylic acids is 1. The second-order valence-corrected chi connectivity index (χ2v) is 5.69. The lowest BCUT2D eigenvalue weighted by molar-refractivity contribution is -0.161. The van der Waals surface area contributed by atoms with Crippen LogP contribution in [-0.4, -0.2) is 76.2 Å². The molecule has 0 saturated carbocycles. The number of thioether (sulfide) groups is 1. The molecule has 0 spiro atoms. The maximum atomic E-state index is 12.5. The van der Waals surface area contributed by atoms with Crippen molar-refractivity contribution < 1.29 is 24.2 Å². The van der Waals surface area contributed by atoms with Crippen LogP contribution in [-0.2, 0) is 19.1 Å². The van der Waals surface area contributed by atoms with E-state index in [-0.39, 0.29) is 25.0 Å². The standard InChI is InChI=1S/C12H18N2O5S/c1-2-10(15)14-7-20-6-9(14)11(16)13-3-4-19-5-8(13)12(17)18/h8-9H,2-7H2,1H3,(H,17,18). The van der Waals surface area contributed by atoms with E-state index in [2.05, 4.69) is 0 Å². The molecule has 2 amide bonds. The highest BCUT2D eigenvalue weighted by Gasteiger charge is 2.41. The molecule has 112 valence electrons. The summed E-state index contributed by atoms with van der Waals surface area (Å²) in [5, 5.41) is 9.16. The van der Waals surface area contributed by atoms with Crippen LogP contribution in [0.3, 0.4) is 0 Å². The fourth-order valence-electron chi connectivity index (χ4n) is 2.36. The first-order valence-electron chi connectivity index (χ1n) is 6.54. The van der Waals surface area contributed by atoms with Crippen LogP contribution in [0.5, 0.6) is 0 Å². The first-order valence-corrected chi connectivity index (χ1v) is 7.70. The van der Waals surface area contributed by atoms with Crippen LogP contribution in [0, 0.1) is 0 Å². The van der Waals surface area contributed by atoms with E-state index in [0.717, 1.165) is 0 Å². The monoisotopic (exact) mass is 302 g/mol. The number of carboxylic acids is 1. The van der Waals surface area contributed by atoms with E-state index in [0.29, 0.717) is 24.7 Å². The van der Waals surface area contributed by atoms with Gasteiger partial charge in [-0.3, -0.25) is 9.59 Å². The number of amides is 2. The van der Waals surface area contributed by atoms with Crippen LogP contribution in [0.25, 0.3) is 0 Å². The van der Waals surface area contributed by atoms with Gasteiger partial charge in [0.1, 0.15) is 6.04 Å². The predicted molar refractivity (Wildman–Crippen MR) is 72.2 cm³/mol. The van der Waals surface area contributed by atoms with Crippen molar-refractivity contribution in [1.29, 1.82) is 0 Å². The average Bonchev–Trinajstić information content (AvgIpc) is 2.95. The van der Waals surface area contributed by atoms with Gasteiger partial charge < -0.3 is 19.6 Å². The molecule has 2 saturated heterocycles. The van der Waals surface area contributed by atoms with Crippen LogP contribution in [0.15, 0.2) is 0 Å². The van der Waals surface area contributed by atoms with E-state index >= 15 is 0 Å². The summed E-state index contributed by atoms with van der Waals surface area (Å²) >= 11 is 1.51. The Morgan fingerprint density at radius 3 is 2.70 bits per heavy atom. The van der Waals surface area contributed by atoms with Crippen LogP contribution in [0.1, 0.15) is 13.3 Å². The lowest BCUT2D eigenvalue weighted by atomic mass is 10.1. The third kappa shape index (κ3) is 2.90. The number of carbonyl (C=O) groups excluding carboxylic acids is 2. The van der Waals surface area contributed by atoms with Crippen LogP contribution in [0.4, 0.5) is 0 Å². The first kappa shape index (κ1) is 15.1. The molecule has 20 heavy (non-hydrogen) atoms. The Bertz CT molecular complexity index is 417. The average molecular weight is 302 g/mol. The van der Waals surface area contributed by atoms with Gasteiger partial charge >= 0.3 is 5.97 Å². The normalized spacial score (nSPS) is 26.6. The van der Waals surface area contributed by atoms with Gasteiger partial charge in [0.25, 0.3) is 0 Å². The number of morpholine rings is 1. The third-order valence-electron chi connectivity index (χ3n) is 3.49. The number of carbonyl (C=O) groups is 3. The molecule has 2 aliphatic heterocycles. The number of ether oxygens (including phenoxy) is 1. The van der Waals surface area contributed by atoms with Crippen molar-refractivity contribution in [3.05, 3.63) is 0 Å². The summed E-state index contributed by atoms with van der Waals surface area (Å²) in [5.41, 5.74) is 0. The Labute approximate surface area is 121 Å². The van der Waals surface area contributed by atoms with Crippen molar-refractivity contribution >= 4 is 29.5 Å². The van der Waals surface area contributed by atoms with Gasteiger partial charge in [0.05, 0.1) is 19.1 Å². The molecular formula is C12H18N2O5S. The molecule has 2 fully saturated rings. The number of carboxylic acid groups (broad SMARTS) is 1. The summed E-state index contributed by atoms with van der Waals surface area (Å²) in [5.74, 6) is -0.419. The van der Waals surface area contributed by atoms with E-state index in [9.17, 15) is 14.4 Å². The van der Waals surface area contributed by atoms with Crippen molar-refractivity contribution in [3.8, 4) is 0 Å². The van der Waals surface area contributed by atoms with Crippen molar-refractivity contribution in [3.63, 3.8) is 0 Å². The Morgan fingerprint density at radius 2 is 2.05 bits per heavy atom. The van der Waals surface area contributed by atoms with E-state index in [1.807, 2.05) is 0 Å². The van der Waals surface area contributed by atoms with Gasteiger partial charge in [0.15, 0.2) is 6.04 Å². The second-order valence-electron chi connectivity index (χ2n) is 4.69. The highest BCUT2D eigenvalue weighted by Crippen LogP contribution is 2.24. The number of rotatable bonds is 3. The summed E-state index contributed by atoms with van der Waals surface area (Å²) < 4.78 is 5.12. The van der Waals surface area contributed by atoms with Crippen molar-refractivity contribution in [2.24, 2.45) is 0 Å². The molecule has 0 aromatic heterocycles. The van der Waals surface area contributed by atoms with Crippen molar-refractivity contribution in [2.45, 2.75) is 25.4 Å². The zero-order valence-electron chi connectivity index (χ0n) is 11.3. The Morgan fingerprint density at radius 1 is 1.30 bits per heavy atom. The van der Waals surface area contributed by atoms with Crippen LogP contribution >= 0.6 is 11.8 Å². The zero-order chi connectivity index (χ0) is 14.7. The summed E-state index contributed by atoms with van der Waals surface area (Å²) in [4.78, 5) is 38.4. The fraction of sp³-hybridized carbons (Fsp3) is 0.750. The molecule has 0 aromatic carbocycles. The second kappa shape index (κ2) is 6.45. The minimum Gasteiger partial charge on any atom is -0.480 e. The maximum Gasteiger partial charge on any atom is 0.328 e. The molecule has 1 N–H and O–H groups in total. The minimum absolute atomic E-state index is 0.00264. The Balaban J connectivity index is 2.12. The van der Waals surface area contributed by atoms with Gasteiger partial charge in [-0.2, -0.15) is 0 Å².